The van der Waals surface area contributed by atoms with Crippen molar-refractivity contribution in [3.05, 3.63) is 30.1 Å². The van der Waals surface area contributed by atoms with Gasteiger partial charge in [-0.25, -0.2) is 0 Å². The van der Waals surface area contributed by atoms with Gasteiger partial charge in [0.05, 0.1) is 18.2 Å². The summed E-state index contributed by atoms with van der Waals surface area (Å²) in [7, 11) is 0. The second-order valence-corrected chi connectivity index (χ2v) is 8.12. The molecule has 2 fully saturated rings. The summed E-state index contributed by atoms with van der Waals surface area (Å²) in [6.45, 7) is 4.83. The van der Waals surface area contributed by atoms with E-state index in [2.05, 4.69) is 11.9 Å². The van der Waals surface area contributed by atoms with Crippen molar-refractivity contribution in [3.8, 4) is 0 Å². The Morgan fingerprint density at radius 1 is 1.22 bits per heavy atom. The Morgan fingerprint density at radius 3 is 2.74 bits per heavy atom. The lowest BCUT2D eigenvalue weighted by molar-refractivity contribution is -0.144. The molecule has 5 heteroatoms. The summed E-state index contributed by atoms with van der Waals surface area (Å²) < 4.78 is 0. The van der Waals surface area contributed by atoms with E-state index in [0.29, 0.717) is 31.8 Å². The van der Waals surface area contributed by atoms with Gasteiger partial charge in [-0.3, -0.25) is 14.6 Å². The average molecular weight is 372 g/mol. The molecular weight excluding hydrogens is 338 g/mol. The lowest BCUT2D eigenvalue weighted by atomic mass is 9.87. The number of carbonyl (C=O) groups excluding carboxylic acids is 2. The monoisotopic (exact) mass is 371 g/mol. The fraction of sp³-hybridized carbons (Fsp3) is 0.682. The van der Waals surface area contributed by atoms with Crippen molar-refractivity contribution in [2.24, 2.45) is 11.8 Å². The summed E-state index contributed by atoms with van der Waals surface area (Å²) in [5.41, 5.74) is 0.922. The number of likely N-dealkylation sites (tertiary alicyclic amines) is 1. The fourth-order valence-electron chi connectivity index (χ4n) is 4.46. The highest BCUT2D eigenvalue weighted by atomic mass is 16.2. The summed E-state index contributed by atoms with van der Waals surface area (Å²) >= 11 is 0. The molecule has 5 nitrogen and oxygen atoms in total. The first kappa shape index (κ1) is 19.8. The van der Waals surface area contributed by atoms with E-state index in [1.54, 1.807) is 6.20 Å². The zero-order valence-corrected chi connectivity index (χ0v) is 16.6. The molecule has 1 aliphatic carbocycles. The minimum Gasteiger partial charge on any atom is -0.342 e. The number of aromatic nitrogens is 1. The Labute approximate surface area is 163 Å². The van der Waals surface area contributed by atoms with E-state index in [1.807, 2.05) is 28.0 Å². The van der Waals surface area contributed by atoms with Gasteiger partial charge in [0, 0.05) is 32.3 Å². The van der Waals surface area contributed by atoms with E-state index in [-0.39, 0.29) is 17.7 Å². The van der Waals surface area contributed by atoms with Crippen LogP contribution >= 0.6 is 0 Å². The lowest BCUT2D eigenvalue weighted by Crippen LogP contribution is -2.48. The standard InChI is InChI=1S/C22H33N3O2/c1-2-14-24(17-20-10-6-7-13-23-20)22(27)19-11-12-21(26)25(16-19)15-18-8-4-3-5-9-18/h6-7,10,13,18-19H,2-5,8-9,11-12,14-17H2,1H3/t19-/m1/s1. The van der Waals surface area contributed by atoms with Gasteiger partial charge in [-0.05, 0) is 43.7 Å². The van der Waals surface area contributed by atoms with E-state index in [4.69, 9.17) is 0 Å². The Morgan fingerprint density at radius 2 is 2.04 bits per heavy atom. The fourth-order valence-corrected chi connectivity index (χ4v) is 4.46. The average Bonchev–Trinajstić information content (AvgIpc) is 2.70. The van der Waals surface area contributed by atoms with Gasteiger partial charge in [0.25, 0.3) is 0 Å². The van der Waals surface area contributed by atoms with Crippen LogP contribution in [0.5, 0.6) is 0 Å². The van der Waals surface area contributed by atoms with E-state index in [1.165, 1.54) is 32.1 Å². The number of pyridine rings is 1. The van der Waals surface area contributed by atoms with E-state index in [9.17, 15) is 9.59 Å². The van der Waals surface area contributed by atoms with Crippen LogP contribution < -0.4 is 0 Å². The molecule has 0 aromatic carbocycles. The molecule has 1 atom stereocenters. The molecule has 1 aliphatic heterocycles. The highest BCUT2D eigenvalue weighted by Crippen LogP contribution is 2.27. The molecule has 2 aliphatic rings. The maximum Gasteiger partial charge on any atom is 0.227 e. The number of hydrogen-bond acceptors (Lipinski definition) is 3. The second-order valence-electron chi connectivity index (χ2n) is 8.12. The molecule has 2 amide bonds. The summed E-state index contributed by atoms with van der Waals surface area (Å²) in [6, 6.07) is 5.82. The van der Waals surface area contributed by atoms with Crippen molar-refractivity contribution in [2.45, 2.75) is 64.8 Å². The summed E-state index contributed by atoms with van der Waals surface area (Å²) in [4.78, 5) is 33.9. The topological polar surface area (TPSA) is 53.5 Å². The summed E-state index contributed by atoms with van der Waals surface area (Å²) in [5, 5.41) is 0. The first-order valence-electron chi connectivity index (χ1n) is 10.6. The van der Waals surface area contributed by atoms with Crippen LogP contribution in [0.15, 0.2) is 24.4 Å². The molecule has 27 heavy (non-hydrogen) atoms. The molecule has 148 valence electrons. The minimum atomic E-state index is -0.0680. The van der Waals surface area contributed by atoms with Crippen molar-refractivity contribution in [2.75, 3.05) is 19.6 Å². The molecule has 0 N–H and O–H groups in total. The van der Waals surface area contributed by atoms with Gasteiger partial charge in [0.15, 0.2) is 0 Å². The molecule has 0 radical (unpaired) electrons. The zero-order valence-electron chi connectivity index (χ0n) is 16.6. The Kier molecular flexibility index (Phi) is 7.25. The van der Waals surface area contributed by atoms with Gasteiger partial charge in [-0.15, -0.1) is 0 Å². The van der Waals surface area contributed by atoms with Crippen LogP contribution in [0.4, 0.5) is 0 Å². The first-order chi connectivity index (χ1) is 13.2. The van der Waals surface area contributed by atoms with Gasteiger partial charge in [0.1, 0.15) is 0 Å². The molecular formula is C22H33N3O2. The zero-order chi connectivity index (χ0) is 19.1. The molecule has 0 bridgehead atoms. The Hall–Kier alpha value is -1.91. The van der Waals surface area contributed by atoms with Crippen LogP contribution in [-0.2, 0) is 16.1 Å². The highest BCUT2D eigenvalue weighted by Gasteiger charge is 2.33. The predicted octanol–water partition coefficient (Wildman–Crippen LogP) is 3.64. The van der Waals surface area contributed by atoms with E-state index >= 15 is 0 Å². The molecule has 2 heterocycles. The molecule has 1 aromatic rings. The molecule has 1 saturated heterocycles. The second kappa shape index (κ2) is 9.86. The van der Waals surface area contributed by atoms with Crippen LogP contribution in [0.3, 0.4) is 0 Å². The number of nitrogens with zero attached hydrogens (tertiary/aromatic N) is 3. The highest BCUT2D eigenvalue weighted by molar-refractivity contribution is 5.83. The number of rotatable bonds is 7. The van der Waals surface area contributed by atoms with Gasteiger partial charge in [-0.2, -0.15) is 0 Å². The van der Waals surface area contributed by atoms with Crippen LogP contribution in [-0.4, -0.2) is 46.2 Å². The number of carbonyl (C=O) groups is 2. The molecule has 0 spiro atoms. The minimum absolute atomic E-state index is 0.0680. The molecule has 1 saturated carbocycles. The van der Waals surface area contributed by atoms with E-state index in [0.717, 1.165) is 25.2 Å². The van der Waals surface area contributed by atoms with Gasteiger partial charge in [-0.1, -0.05) is 32.3 Å². The number of piperidine rings is 1. The third kappa shape index (κ3) is 5.53. The van der Waals surface area contributed by atoms with Gasteiger partial charge >= 0.3 is 0 Å². The SMILES string of the molecule is CCCN(Cc1ccccn1)C(=O)[C@@H]1CCC(=O)N(CC2CCCCC2)C1. The predicted molar refractivity (Wildman–Crippen MR) is 106 cm³/mol. The Balaban J connectivity index is 1.61. The van der Waals surface area contributed by atoms with Gasteiger partial charge in [0.2, 0.25) is 11.8 Å². The van der Waals surface area contributed by atoms with E-state index < -0.39 is 0 Å². The van der Waals surface area contributed by atoms with Crippen LogP contribution in [0, 0.1) is 11.8 Å². The first-order valence-corrected chi connectivity index (χ1v) is 10.6. The smallest absolute Gasteiger partial charge is 0.227 e. The maximum absolute atomic E-state index is 13.2. The Bertz CT molecular complexity index is 613. The lowest BCUT2D eigenvalue weighted by Gasteiger charge is -2.37. The van der Waals surface area contributed by atoms with Crippen LogP contribution in [0.1, 0.15) is 64.0 Å². The molecule has 0 unspecified atom stereocenters. The van der Waals surface area contributed by atoms with Crippen LogP contribution in [0.2, 0.25) is 0 Å². The summed E-state index contributed by atoms with van der Waals surface area (Å²) in [6.07, 6.45) is 10.2. The van der Waals surface area contributed by atoms with Crippen molar-refractivity contribution >= 4 is 11.8 Å². The van der Waals surface area contributed by atoms with Crippen molar-refractivity contribution in [1.82, 2.24) is 14.8 Å². The third-order valence-corrected chi connectivity index (χ3v) is 5.94. The third-order valence-electron chi connectivity index (χ3n) is 5.94. The van der Waals surface area contributed by atoms with Gasteiger partial charge < -0.3 is 9.80 Å². The maximum atomic E-state index is 13.2. The quantitative estimate of drug-likeness (QED) is 0.735. The van der Waals surface area contributed by atoms with Crippen molar-refractivity contribution in [3.63, 3.8) is 0 Å². The van der Waals surface area contributed by atoms with Crippen molar-refractivity contribution < 1.29 is 9.59 Å². The van der Waals surface area contributed by atoms with Crippen LogP contribution in [0.25, 0.3) is 0 Å². The number of hydrogen-bond donors (Lipinski definition) is 0. The normalized spacial score (nSPS) is 21.3. The largest absolute Gasteiger partial charge is 0.342 e. The van der Waals surface area contributed by atoms with Crippen molar-refractivity contribution in [1.29, 1.82) is 0 Å². The number of amides is 2. The molecule has 3 rings (SSSR count). The molecule has 1 aromatic heterocycles. The summed E-state index contributed by atoms with van der Waals surface area (Å²) in [5.74, 6) is 0.971.